The topological polar surface area (TPSA) is 56.1 Å². The van der Waals surface area contributed by atoms with Gasteiger partial charge in [-0.15, -0.1) is 0 Å². The molecule has 0 aliphatic heterocycles. The molecule has 0 atom stereocenters. The molecule has 4 nitrogen and oxygen atoms in total. The summed E-state index contributed by atoms with van der Waals surface area (Å²) in [5, 5.41) is 11.5. The van der Waals surface area contributed by atoms with Gasteiger partial charge in [-0.25, -0.2) is 0 Å². The van der Waals surface area contributed by atoms with Crippen molar-refractivity contribution in [3.8, 4) is 6.07 Å². The van der Waals surface area contributed by atoms with Crippen LogP contribution in [-0.2, 0) is 0 Å². The first-order valence-electron chi connectivity index (χ1n) is 5.51. The molecule has 1 aromatic carbocycles. The number of anilines is 1. The first-order chi connectivity index (χ1) is 8.10. The van der Waals surface area contributed by atoms with Crippen LogP contribution in [0.15, 0.2) is 18.2 Å². The highest BCUT2D eigenvalue weighted by molar-refractivity contribution is 5.99. The van der Waals surface area contributed by atoms with Crippen molar-refractivity contribution in [2.75, 3.05) is 26.0 Å². The van der Waals surface area contributed by atoms with Gasteiger partial charge in [0, 0.05) is 26.3 Å². The number of hydrogen-bond donors (Lipinski definition) is 1. The van der Waals surface area contributed by atoms with Gasteiger partial charge in [-0.1, -0.05) is 6.07 Å². The average Bonchev–Trinajstić information content (AvgIpc) is 2.34. The average molecular weight is 231 g/mol. The van der Waals surface area contributed by atoms with Crippen LogP contribution in [0.25, 0.3) is 0 Å². The van der Waals surface area contributed by atoms with E-state index in [0.29, 0.717) is 18.5 Å². The molecule has 1 N–H and O–H groups in total. The molecular weight excluding hydrogens is 214 g/mol. The molecule has 90 valence electrons. The van der Waals surface area contributed by atoms with E-state index in [2.05, 4.69) is 5.32 Å². The largest absolute Gasteiger partial charge is 0.387 e. The summed E-state index contributed by atoms with van der Waals surface area (Å²) in [6, 6.07) is 7.69. The van der Waals surface area contributed by atoms with Crippen molar-refractivity contribution in [1.29, 1.82) is 5.26 Å². The molecule has 0 saturated heterocycles. The fraction of sp³-hybridized carbons (Fsp3) is 0.385. The Morgan fingerprint density at radius 2 is 2.24 bits per heavy atom. The van der Waals surface area contributed by atoms with Gasteiger partial charge in [0.05, 0.1) is 18.1 Å². The Morgan fingerprint density at radius 1 is 1.53 bits per heavy atom. The summed E-state index contributed by atoms with van der Waals surface area (Å²) in [4.78, 5) is 13.7. The van der Waals surface area contributed by atoms with E-state index in [9.17, 15) is 4.79 Å². The van der Waals surface area contributed by atoms with E-state index in [0.717, 1.165) is 11.3 Å². The summed E-state index contributed by atoms with van der Waals surface area (Å²) in [6.07, 6.45) is 0.350. The van der Waals surface area contributed by atoms with Crippen LogP contribution in [0.4, 0.5) is 5.69 Å². The summed E-state index contributed by atoms with van der Waals surface area (Å²) in [5.41, 5.74) is 2.56. The molecule has 0 aliphatic rings. The lowest BCUT2D eigenvalue weighted by Gasteiger charge is -2.18. The van der Waals surface area contributed by atoms with E-state index in [-0.39, 0.29) is 5.91 Å². The second kappa shape index (κ2) is 5.90. The zero-order chi connectivity index (χ0) is 12.8. The molecule has 0 aliphatic carbocycles. The fourth-order valence-electron chi connectivity index (χ4n) is 1.58. The summed E-state index contributed by atoms with van der Waals surface area (Å²) in [6.45, 7) is 2.43. The highest BCUT2D eigenvalue weighted by Gasteiger charge is 2.14. The van der Waals surface area contributed by atoms with Crippen LogP contribution < -0.4 is 5.32 Å². The monoisotopic (exact) mass is 231 g/mol. The SMILES string of the molecule is CNc1cc(C)ccc1C(=O)N(C)CCC#N. The zero-order valence-electron chi connectivity index (χ0n) is 10.4. The summed E-state index contributed by atoms with van der Waals surface area (Å²) in [7, 11) is 3.50. The van der Waals surface area contributed by atoms with Gasteiger partial charge in [-0.05, 0) is 24.6 Å². The summed E-state index contributed by atoms with van der Waals surface area (Å²) >= 11 is 0. The standard InChI is InChI=1S/C13H17N3O/c1-10-5-6-11(12(9-10)15-2)13(17)16(3)8-4-7-14/h5-6,9,15H,4,8H2,1-3H3. The molecule has 0 aromatic heterocycles. The van der Waals surface area contributed by atoms with Crippen LogP contribution in [0.1, 0.15) is 22.3 Å². The van der Waals surface area contributed by atoms with Crippen molar-refractivity contribution in [2.45, 2.75) is 13.3 Å². The van der Waals surface area contributed by atoms with Crippen molar-refractivity contribution in [1.82, 2.24) is 4.90 Å². The Hall–Kier alpha value is -2.02. The van der Waals surface area contributed by atoms with Crippen LogP contribution in [0.3, 0.4) is 0 Å². The van der Waals surface area contributed by atoms with Gasteiger partial charge in [0.25, 0.3) is 5.91 Å². The van der Waals surface area contributed by atoms with Crippen molar-refractivity contribution >= 4 is 11.6 Å². The predicted octanol–water partition coefficient (Wildman–Crippen LogP) is 2.02. The van der Waals surface area contributed by atoms with Crippen LogP contribution in [0.2, 0.25) is 0 Å². The minimum absolute atomic E-state index is 0.0652. The lowest BCUT2D eigenvalue weighted by Crippen LogP contribution is -2.28. The molecule has 0 radical (unpaired) electrons. The number of carbonyl (C=O) groups is 1. The second-order valence-electron chi connectivity index (χ2n) is 3.93. The van der Waals surface area contributed by atoms with E-state index >= 15 is 0 Å². The van der Waals surface area contributed by atoms with Crippen LogP contribution in [0, 0.1) is 18.3 Å². The second-order valence-corrected chi connectivity index (χ2v) is 3.93. The maximum absolute atomic E-state index is 12.1. The van der Waals surface area contributed by atoms with Crippen molar-refractivity contribution in [3.63, 3.8) is 0 Å². The van der Waals surface area contributed by atoms with Gasteiger partial charge in [0.1, 0.15) is 0 Å². The van der Waals surface area contributed by atoms with Gasteiger partial charge in [-0.2, -0.15) is 5.26 Å². The first-order valence-corrected chi connectivity index (χ1v) is 5.51. The third kappa shape index (κ3) is 3.22. The molecule has 0 bridgehead atoms. The Balaban J connectivity index is 2.92. The molecule has 0 spiro atoms. The molecule has 0 heterocycles. The smallest absolute Gasteiger partial charge is 0.255 e. The molecule has 1 rings (SSSR count). The number of nitrogens with one attached hydrogen (secondary N) is 1. The third-order valence-electron chi connectivity index (χ3n) is 2.58. The van der Waals surface area contributed by atoms with E-state index in [1.807, 2.05) is 31.2 Å². The van der Waals surface area contributed by atoms with Crippen LogP contribution in [-0.4, -0.2) is 31.4 Å². The Morgan fingerprint density at radius 3 is 2.82 bits per heavy atom. The van der Waals surface area contributed by atoms with Gasteiger partial charge < -0.3 is 10.2 Å². The molecular formula is C13H17N3O. The predicted molar refractivity (Wildman–Crippen MR) is 67.9 cm³/mol. The van der Waals surface area contributed by atoms with E-state index < -0.39 is 0 Å². The first kappa shape index (κ1) is 13.0. The number of nitriles is 1. The fourth-order valence-corrected chi connectivity index (χ4v) is 1.58. The molecule has 0 saturated carbocycles. The summed E-state index contributed by atoms with van der Waals surface area (Å²) < 4.78 is 0. The van der Waals surface area contributed by atoms with E-state index in [1.54, 1.807) is 19.0 Å². The lowest BCUT2D eigenvalue weighted by atomic mass is 10.1. The Labute approximate surface area is 102 Å². The molecule has 0 unspecified atom stereocenters. The number of aryl methyl sites for hydroxylation is 1. The Kier molecular flexibility index (Phi) is 4.53. The highest BCUT2D eigenvalue weighted by Crippen LogP contribution is 2.18. The van der Waals surface area contributed by atoms with Gasteiger partial charge in [0.15, 0.2) is 0 Å². The maximum Gasteiger partial charge on any atom is 0.255 e. The van der Waals surface area contributed by atoms with Gasteiger partial charge in [0.2, 0.25) is 0 Å². The minimum atomic E-state index is -0.0652. The van der Waals surface area contributed by atoms with Crippen LogP contribution in [0.5, 0.6) is 0 Å². The molecule has 0 fully saturated rings. The number of hydrogen-bond acceptors (Lipinski definition) is 3. The van der Waals surface area contributed by atoms with Crippen LogP contribution >= 0.6 is 0 Å². The molecule has 1 aromatic rings. The zero-order valence-corrected chi connectivity index (χ0v) is 10.4. The quantitative estimate of drug-likeness (QED) is 0.862. The van der Waals surface area contributed by atoms with Crippen molar-refractivity contribution in [3.05, 3.63) is 29.3 Å². The van der Waals surface area contributed by atoms with E-state index in [1.165, 1.54) is 0 Å². The molecule has 4 heteroatoms. The van der Waals surface area contributed by atoms with Gasteiger partial charge >= 0.3 is 0 Å². The van der Waals surface area contributed by atoms with Crippen molar-refractivity contribution < 1.29 is 4.79 Å². The number of benzene rings is 1. The number of rotatable bonds is 4. The summed E-state index contributed by atoms with van der Waals surface area (Å²) in [5.74, 6) is -0.0652. The van der Waals surface area contributed by atoms with Crippen molar-refractivity contribution in [2.24, 2.45) is 0 Å². The molecule has 17 heavy (non-hydrogen) atoms. The minimum Gasteiger partial charge on any atom is -0.387 e. The number of carbonyl (C=O) groups excluding carboxylic acids is 1. The third-order valence-corrected chi connectivity index (χ3v) is 2.58. The maximum atomic E-state index is 12.1. The normalized spacial score (nSPS) is 9.53. The number of nitrogens with zero attached hydrogens (tertiary/aromatic N) is 2. The Bertz CT molecular complexity index is 448. The van der Waals surface area contributed by atoms with Gasteiger partial charge in [-0.3, -0.25) is 4.79 Å². The highest BCUT2D eigenvalue weighted by atomic mass is 16.2. The number of amides is 1. The lowest BCUT2D eigenvalue weighted by molar-refractivity contribution is 0.0799. The molecule has 1 amide bonds. The van der Waals surface area contributed by atoms with E-state index in [4.69, 9.17) is 5.26 Å².